The number of aryl methyl sites for hydroxylation is 2. The third kappa shape index (κ3) is 5.92. The number of piperidine rings is 1. The Bertz CT molecular complexity index is 1520. The molecule has 1 atom stereocenters. The van der Waals surface area contributed by atoms with Gasteiger partial charge in [-0.05, 0) is 82.2 Å². The Morgan fingerprint density at radius 3 is 2.51 bits per heavy atom. The summed E-state index contributed by atoms with van der Waals surface area (Å²) >= 11 is 0. The molecule has 2 aromatic carbocycles. The minimum absolute atomic E-state index is 0. The average molecular weight is 585 g/mol. The normalized spacial score (nSPS) is 22.0. The van der Waals surface area contributed by atoms with Crippen molar-refractivity contribution in [2.75, 3.05) is 38.6 Å². The van der Waals surface area contributed by atoms with E-state index in [9.17, 15) is 19.5 Å². The van der Waals surface area contributed by atoms with Gasteiger partial charge in [0.1, 0.15) is 18.5 Å². The molecule has 1 fully saturated rings. The second-order valence-corrected chi connectivity index (χ2v) is 11.7. The minimum Gasteiger partial charge on any atom is -0.491 e. The molecule has 2 N–H and O–H groups in total. The summed E-state index contributed by atoms with van der Waals surface area (Å²) in [6.07, 6.45) is 4.96. The highest BCUT2D eigenvalue weighted by atomic mass is 16.5. The highest BCUT2D eigenvalue weighted by Gasteiger charge is 2.42. The Hall–Kier alpha value is -4.08. The zero-order valence-electron chi connectivity index (χ0n) is 24.3. The Morgan fingerprint density at radius 1 is 1.07 bits per heavy atom. The fraction of sp³-hybridized carbons (Fsp3) is 0.412. The molecule has 43 heavy (non-hydrogen) atoms. The molecular weight excluding hydrogens is 544 g/mol. The first-order chi connectivity index (χ1) is 20.2. The summed E-state index contributed by atoms with van der Waals surface area (Å²) in [5.74, 6) is 0.172. The number of aliphatic hydroxyl groups is 1. The van der Waals surface area contributed by atoms with Crippen molar-refractivity contribution in [1.82, 2.24) is 9.80 Å². The van der Waals surface area contributed by atoms with Crippen LogP contribution in [0.2, 0.25) is 0 Å². The van der Waals surface area contributed by atoms with E-state index in [-0.39, 0.29) is 50.6 Å². The summed E-state index contributed by atoms with van der Waals surface area (Å²) in [6, 6.07) is 9.35. The smallest absolute Gasteiger partial charge is 0.261 e. The number of allylic oxidation sites excluding steroid dienone is 4. The van der Waals surface area contributed by atoms with E-state index in [4.69, 9.17) is 4.74 Å². The van der Waals surface area contributed by atoms with E-state index < -0.39 is 6.10 Å². The highest BCUT2D eigenvalue weighted by Crippen LogP contribution is 2.38. The summed E-state index contributed by atoms with van der Waals surface area (Å²) in [6.45, 7) is 5.85. The molecule has 9 nitrogen and oxygen atoms in total. The van der Waals surface area contributed by atoms with E-state index >= 15 is 0 Å². The third-order valence-electron chi connectivity index (χ3n) is 8.50. The molecule has 0 spiro atoms. The lowest BCUT2D eigenvalue weighted by Gasteiger charge is -2.33. The van der Waals surface area contributed by atoms with Crippen molar-refractivity contribution in [1.29, 1.82) is 0 Å². The van der Waals surface area contributed by atoms with Gasteiger partial charge in [0.2, 0.25) is 0 Å². The number of amides is 2. The molecule has 226 valence electrons. The van der Waals surface area contributed by atoms with Crippen LogP contribution in [-0.4, -0.2) is 83.7 Å². The SMILES string of the molecule is C.Cc1ccc(OC[C@H](O)CN=C2C=CCC(=O)C2=C2Cc3cc4c(cc3N2)C(=O)N(C2CCN(C)CC2)C4=O)c(C)c1. The van der Waals surface area contributed by atoms with Gasteiger partial charge in [0.05, 0.1) is 29.0 Å². The Kier molecular flexibility index (Phi) is 8.66. The van der Waals surface area contributed by atoms with Gasteiger partial charge < -0.3 is 20.1 Å². The van der Waals surface area contributed by atoms with Crippen LogP contribution < -0.4 is 10.1 Å². The molecule has 6 rings (SSSR count). The van der Waals surface area contributed by atoms with Crippen molar-refractivity contribution in [3.05, 3.63) is 81.6 Å². The predicted octanol–water partition coefficient (Wildman–Crippen LogP) is 4.26. The number of ether oxygens (including phenoxy) is 1. The summed E-state index contributed by atoms with van der Waals surface area (Å²) in [5.41, 5.74) is 6.24. The second-order valence-electron chi connectivity index (χ2n) is 11.7. The van der Waals surface area contributed by atoms with Gasteiger partial charge in [-0.25, -0.2) is 0 Å². The molecule has 0 saturated carbocycles. The number of hydrogen-bond acceptors (Lipinski definition) is 8. The zero-order chi connectivity index (χ0) is 29.5. The molecule has 2 aromatic rings. The zero-order valence-corrected chi connectivity index (χ0v) is 24.3. The molecule has 3 heterocycles. The van der Waals surface area contributed by atoms with Crippen molar-refractivity contribution >= 4 is 29.0 Å². The van der Waals surface area contributed by atoms with Crippen molar-refractivity contribution < 1.29 is 24.2 Å². The Labute approximate surface area is 252 Å². The van der Waals surface area contributed by atoms with Crippen molar-refractivity contribution in [2.45, 2.75) is 59.1 Å². The minimum atomic E-state index is -0.851. The maximum atomic E-state index is 13.3. The molecule has 0 aromatic heterocycles. The summed E-state index contributed by atoms with van der Waals surface area (Å²) < 4.78 is 5.80. The van der Waals surface area contributed by atoms with Gasteiger partial charge in [0.25, 0.3) is 11.8 Å². The number of benzene rings is 2. The molecule has 2 amide bonds. The summed E-state index contributed by atoms with van der Waals surface area (Å²) in [5, 5.41) is 13.9. The number of nitrogens with one attached hydrogen (secondary N) is 1. The highest BCUT2D eigenvalue weighted by molar-refractivity contribution is 6.29. The van der Waals surface area contributed by atoms with Crippen molar-refractivity contribution in [2.24, 2.45) is 4.99 Å². The van der Waals surface area contributed by atoms with E-state index in [1.165, 1.54) is 4.90 Å². The van der Waals surface area contributed by atoms with Crippen LogP contribution in [-0.2, 0) is 11.2 Å². The molecule has 4 aliphatic rings. The maximum Gasteiger partial charge on any atom is 0.261 e. The molecule has 1 aliphatic carbocycles. The molecule has 0 radical (unpaired) electrons. The number of aliphatic imine (C=N–C) groups is 1. The molecular formula is C34H40N4O5. The molecule has 3 aliphatic heterocycles. The van der Waals surface area contributed by atoms with E-state index in [0.29, 0.717) is 40.3 Å². The van der Waals surface area contributed by atoms with Gasteiger partial charge in [-0.15, -0.1) is 0 Å². The summed E-state index contributed by atoms with van der Waals surface area (Å²) in [4.78, 5) is 48.0. The number of ketones is 1. The number of carbonyl (C=O) groups is 3. The number of anilines is 1. The molecule has 1 saturated heterocycles. The van der Waals surface area contributed by atoms with E-state index in [1.54, 1.807) is 24.3 Å². The third-order valence-corrected chi connectivity index (χ3v) is 8.50. The first kappa shape index (κ1) is 30.4. The van der Waals surface area contributed by atoms with Crippen LogP contribution in [0, 0.1) is 13.8 Å². The first-order valence-electron chi connectivity index (χ1n) is 14.6. The van der Waals surface area contributed by atoms with Gasteiger partial charge in [0.15, 0.2) is 5.78 Å². The van der Waals surface area contributed by atoms with E-state index in [2.05, 4.69) is 15.2 Å². The van der Waals surface area contributed by atoms with Crippen LogP contribution in [0.4, 0.5) is 5.69 Å². The fourth-order valence-electron chi connectivity index (χ4n) is 6.21. The lowest BCUT2D eigenvalue weighted by atomic mass is 9.94. The number of imide groups is 1. The van der Waals surface area contributed by atoms with Crippen LogP contribution in [0.25, 0.3) is 0 Å². The van der Waals surface area contributed by atoms with Gasteiger partial charge >= 0.3 is 0 Å². The Morgan fingerprint density at radius 2 is 1.79 bits per heavy atom. The monoisotopic (exact) mass is 584 g/mol. The number of hydrogen-bond donors (Lipinski definition) is 2. The lowest BCUT2D eigenvalue weighted by molar-refractivity contribution is -0.114. The van der Waals surface area contributed by atoms with Gasteiger partial charge in [-0.1, -0.05) is 31.2 Å². The number of aliphatic hydroxyl groups excluding tert-OH is 1. The number of rotatable bonds is 6. The number of likely N-dealkylation sites (tertiary alicyclic amines) is 1. The largest absolute Gasteiger partial charge is 0.491 e. The van der Waals surface area contributed by atoms with Crippen LogP contribution in [0.1, 0.15) is 64.1 Å². The van der Waals surface area contributed by atoms with Gasteiger partial charge in [0, 0.05) is 30.3 Å². The standard InChI is InChI=1S/C33H36N4O5.CH4/c1-19-7-8-30(20(2)13-19)42-18-23(38)17-34-26-5-4-6-29(39)31(26)28-15-21-14-24-25(16-27(21)35-28)33(41)37(32(24)40)22-9-11-36(3)12-10-22;/h4-5,7-8,13-14,16,22-23,35,38H,6,9-12,15,17-18H2,1-3H3;1H4/t23-;/m1./s1. The van der Waals surface area contributed by atoms with Crippen LogP contribution >= 0.6 is 0 Å². The predicted molar refractivity (Wildman–Crippen MR) is 167 cm³/mol. The van der Waals surface area contributed by atoms with Crippen LogP contribution in [0.15, 0.2) is 58.7 Å². The van der Waals surface area contributed by atoms with Gasteiger partial charge in [-0.2, -0.15) is 0 Å². The number of nitrogens with zero attached hydrogens (tertiary/aromatic N) is 3. The number of Topliss-reactive ketones (excluding diaryl/α,β-unsaturated/α-hetero) is 1. The topological polar surface area (TPSA) is 112 Å². The molecule has 9 heteroatoms. The van der Waals surface area contributed by atoms with Gasteiger partial charge in [-0.3, -0.25) is 24.3 Å². The molecule has 0 unspecified atom stereocenters. The quantitative estimate of drug-likeness (QED) is 0.386. The maximum absolute atomic E-state index is 13.3. The Balaban J connectivity index is 0.00000368. The average Bonchev–Trinajstić information content (AvgIpc) is 3.48. The fourth-order valence-corrected chi connectivity index (χ4v) is 6.21. The number of fused-ring (bicyclic) bond motifs is 2. The van der Waals surface area contributed by atoms with Crippen molar-refractivity contribution in [3.8, 4) is 5.75 Å². The van der Waals surface area contributed by atoms with E-state index in [0.717, 1.165) is 48.3 Å². The second kappa shape index (κ2) is 12.3. The lowest BCUT2D eigenvalue weighted by Crippen LogP contribution is -2.46. The molecule has 0 bridgehead atoms. The summed E-state index contributed by atoms with van der Waals surface area (Å²) in [7, 11) is 2.05. The first-order valence-corrected chi connectivity index (χ1v) is 14.6. The van der Waals surface area contributed by atoms with E-state index in [1.807, 2.05) is 39.1 Å². The number of carbonyl (C=O) groups excluding carboxylic acids is 3. The van der Waals surface area contributed by atoms with Crippen LogP contribution in [0.5, 0.6) is 5.75 Å². The van der Waals surface area contributed by atoms with Crippen molar-refractivity contribution in [3.63, 3.8) is 0 Å². The van der Waals surface area contributed by atoms with Crippen LogP contribution in [0.3, 0.4) is 0 Å².